The van der Waals surface area contributed by atoms with Crippen LogP contribution in [0.2, 0.25) is 0 Å². The number of nitrogens with one attached hydrogen (secondary N) is 2. The van der Waals surface area contributed by atoms with Crippen LogP contribution in [0, 0.1) is 0 Å². The number of rotatable bonds is 13. The summed E-state index contributed by atoms with van der Waals surface area (Å²) in [6.45, 7) is 6.06. The Morgan fingerprint density at radius 3 is 2.52 bits per heavy atom. The molecule has 0 aliphatic rings. The predicted molar refractivity (Wildman–Crippen MR) is 79.0 cm³/mol. The van der Waals surface area contributed by atoms with E-state index in [-0.39, 0.29) is 18.4 Å². The first-order valence-electron chi connectivity index (χ1n) is 7.34. The summed E-state index contributed by atoms with van der Waals surface area (Å²) in [5, 5.41) is 5.44. The van der Waals surface area contributed by atoms with Gasteiger partial charge in [-0.1, -0.05) is 13.3 Å². The van der Waals surface area contributed by atoms with Crippen molar-refractivity contribution in [2.45, 2.75) is 32.8 Å². The quantitative estimate of drug-likeness (QED) is 0.471. The lowest BCUT2D eigenvalue weighted by Gasteiger charge is -2.13. The molecule has 0 heterocycles. The minimum atomic E-state index is -0.480. The molecule has 7 nitrogen and oxygen atoms in total. The molecule has 1 unspecified atom stereocenters. The normalized spacial score (nSPS) is 12.0. The Hall–Kier alpha value is -1.18. The molecule has 0 aromatic heterocycles. The van der Waals surface area contributed by atoms with Crippen LogP contribution in [0.15, 0.2) is 0 Å². The number of carbonyl (C=O) groups excluding carboxylic acids is 2. The van der Waals surface area contributed by atoms with Crippen LogP contribution in [0.3, 0.4) is 0 Å². The van der Waals surface area contributed by atoms with Gasteiger partial charge < -0.3 is 24.8 Å². The average molecular weight is 304 g/mol. The summed E-state index contributed by atoms with van der Waals surface area (Å²) >= 11 is 0. The van der Waals surface area contributed by atoms with Gasteiger partial charge in [-0.3, -0.25) is 9.59 Å². The summed E-state index contributed by atoms with van der Waals surface area (Å²) in [5.74, 6) is -0.273. The van der Waals surface area contributed by atoms with Crippen LogP contribution in [0.1, 0.15) is 26.7 Å². The smallest absolute Gasteiger partial charge is 0.248 e. The second-order valence-corrected chi connectivity index (χ2v) is 4.55. The van der Waals surface area contributed by atoms with Crippen LogP contribution >= 0.6 is 0 Å². The van der Waals surface area contributed by atoms with E-state index in [1.54, 1.807) is 6.92 Å². The monoisotopic (exact) mass is 304 g/mol. The lowest BCUT2D eigenvalue weighted by molar-refractivity contribution is -0.132. The summed E-state index contributed by atoms with van der Waals surface area (Å²) in [6, 6.07) is 0. The molecule has 124 valence electrons. The Morgan fingerprint density at radius 2 is 1.86 bits per heavy atom. The summed E-state index contributed by atoms with van der Waals surface area (Å²) in [5.41, 5.74) is 0. The van der Waals surface area contributed by atoms with E-state index in [1.165, 1.54) is 7.11 Å². The zero-order valence-corrected chi connectivity index (χ0v) is 13.3. The average Bonchev–Trinajstić information content (AvgIpc) is 2.46. The predicted octanol–water partition coefficient (Wildman–Crippen LogP) is 0.0870. The molecular formula is C14H28N2O5. The van der Waals surface area contributed by atoms with Crippen LogP contribution in [0.25, 0.3) is 0 Å². The summed E-state index contributed by atoms with van der Waals surface area (Å²) in [4.78, 5) is 22.6. The molecule has 0 aromatic rings. The fourth-order valence-electron chi connectivity index (χ4n) is 1.44. The molecule has 0 spiro atoms. The highest BCUT2D eigenvalue weighted by Crippen LogP contribution is 1.92. The number of ether oxygens (including phenoxy) is 3. The van der Waals surface area contributed by atoms with Gasteiger partial charge in [0.1, 0.15) is 12.7 Å². The van der Waals surface area contributed by atoms with Gasteiger partial charge in [0.05, 0.1) is 19.8 Å². The molecule has 0 rings (SSSR count). The van der Waals surface area contributed by atoms with Gasteiger partial charge in [0.2, 0.25) is 11.8 Å². The van der Waals surface area contributed by atoms with Gasteiger partial charge in [-0.2, -0.15) is 0 Å². The second kappa shape index (κ2) is 13.8. The number of unbranched alkanes of at least 4 members (excludes halogenated alkanes) is 1. The van der Waals surface area contributed by atoms with Gasteiger partial charge in [0, 0.05) is 20.2 Å². The molecule has 0 saturated heterocycles. The van der Waals surface area contributed by atoms with Crippen LogP contribution in [-0.4, -0.2) is 64.5 Å². The highest BCUT2D eigenvalue weighted by atomic mass is 16.5. The zero-order chi connectivity index (χ0) is 15.9. The maximum Gasteiger partial charge on any atom is 0.248 e. The van der Waals surface area contributed by atoms with Crippen molar-refractivity contribution in [1.82, 2.24) is 10.6 Å². The number of amides is 2. The summed E-state index contributed by atoms with van der Waals surface area (Å²) in [7, 11) is 1.47. The van der Waals surface area contributed by atoms with Crippen molar-refractivity contribution in [3.63, 3.8) is 0 Å². The topological polar surface area (TPSA) is 85.9 Å². The van der Waals surface area contributed by atoms with Crippen molar-refractivity contribution in [3.05, 3.63) is 0 Å². The fourth-order valence-corrected chi connectivity index (χ4v) is 1.44. The number of hydrogen-bond acceptors (Lipinski definition) is 5. The Bertz CT molecular complexity index is 287. The van der Waals surface area contributed by atoms with E-state index in [0.717, 1.165) is 12.8 Å². The standard InChI is InChI=1S/C14H28N2O5/c1-4-5-6-16-14(18)12(2)21-10-9-20-8-7-15-13(17)11-19-3/h12H,4-11H2,1-3H3,(H,15,17)(H,16,18). The number of hydrogen-bond donors (Lipinski definition) is 2. The zero-order valence-electron chi connectivity index (χ0n) is 13.3. The molecule has 2 amide bonds. The van der Waals surface area contributed by atoms with Gasteiger partial charge in [0.15, 0.2) is 0 Å². The van der Waals surface area contributed by atoms with Crippen LogP contribution in [0.4, 0.5) is 0 Å². The third kappa shape index (κ3) is 12.3. The molecule has 0 aliphatic heterocycles. The Labute approximate surface area is 126 Å². The van der Waals surface area contributed by atoms with E-state index in [9.17, 15) is 9.59 Å². The van der Waals surface area contributed by atoms with Gasteiger partial charge in [-0.25, -0.2) is 0 Å². The Balaban J connectivity index is 3.41. The van der Waals surface area contributed by atoms with Crippen molar-refractivity contribution in [3.8, 4) is 0 Å². The fraction of sp³-hybridized carbons (Fsp3) is 0.857. The minimum Gasteiger partial charge on any atom is -0.377 e. The SMILES string of the molecule is CCCCNC(=O)C(C)OCCOCCNC(=O)COC. The second-order valence-electron chi connectivity index (χ2n) is 4.55. The third-order valence-corrected chi connectivity index (χ3v) is 2.64. The summed E-state index contributed by atoms with van der Waals surface area (Å²) in [6.07, 6.45) is 1.53. The highest BCUT2D eigenvalue weighted by Gasteiger charge is 2.11. The van der Waals surface area contributed by atoms with Gasteiger partial charge in [-0.15, -0.1) is 0 Å². The van der Waals surface area contributed by atoms with Crippen LogP contribution < -0.4 is 10.6 Å². The molecule has 1 atom stereocenters. The van der Waals surface area contributed by atoms with Crippen LogP contribution in [-0.2, 0) is 23.8 Å². The van der Waals surface area contributed by atoms with E-state index in [1.807, 2.05) is 0 Å². The van der Waals surface area contributed by atoms with Crippen molar-refractivity contribution in [2.75, 3.05) is 46.6 Å². The molecular weight excluding hydrogens is 276 g/mol. The van der Waals surface area contributed by atoms with E-state index in [2.05, 4.69) is 22.3 Å². The van der Waals surface area contributed by atoms with E-state index in [0.29, 0.717) is 32.9 Å². The summed E-state index contributed by atoms with van der Waals surface area (Å²) < 4.78 is 15.3. The minimum absolute atomic E-state index is 0.0494. The first kappa shape index (κ1) is 19.8. The van der Waals surface area contributed by atoms with Crippen molar-refractivity contribution in [1.29, 1.82) is 0 Å². The maximum absolute atomic E-state index is 11.6. The lowest BCUT2D eigenvalue weighted by atomic mass is 10.3. The number of methoxy groups -OCH3 is 1. The molecule has 0 aromatic carbocycles. The molecule has 2 N–H and O–H groups in total. The molecule has 0 radical (unpaired) electrons. The Morgan fingerprint density at radius 1 is 1.10 bits per heavy atom. The van der Waals surface area contributed by atoms with Gasteiger partial charge in [-0.05, 0) is 13.3 Å². The van der Waals surface area contributed by atoms with E-state index >= 15 is 0 Å². The van der Waals surface area contributed by atoms with Crippen molar-refractivity contribution >= 4 is 11.8 Å². The highest BCUT2D eigenvalue weighted by molar-refractivity contribution is 5.80. The first-order chi connectivity index (χ1) is 10.1. The lowest BCUT2D eigenvalue weighted by Crippen LogP contribution is -2.35. The van der Waals surface area contributed by atoms with Crippen molar-refractivity contribution < 1.29 is 23.8 Å². The van der Waals surface area contributed by atoms with Crippen LogP contribution in [0.5, 0.6) is 0 Å². The molecule has 0 aliphatic carbocycles. The third-order valence-electron chi connectivity index (χ3n) is 2.64. The van der Waals surface area contributed by atoms with Gasteiger partial charge in [0.25, 0.3) is 0 Å². The largest absolute Gasteiger partial charge is 0.377 e. The Kier molecular flexibility index (Phi) is 13.0. The van der Waals surface area contributed by atoms with E-state index < -0.39 is 6.10 Å². The number of carbonyl (C=O) groups is 2. The molecule has 7 heteroatoms. The molecule has 0 bridgehead atoms. The van der Waals surface area contributed by atoms with E-state index in [4.69, 9.17) is 9.47 Å². The van der Waals surface area contributed by atoms with Crippen molar-refractivity contribution in [2.24, 2.45) is 0 Å². The van der Waals surface area contributed by atoms with Gasteiger partial charge >= 0.3 is 0 Å². The molecule has 21 heavy (non-hydrogen) atoms. The molecule has 0 fully saturated rings. The molecule has 0 saturated carbocycles. The first-order valence-corrected chi connectivity index (χ1v) is 7.34. The maximum atomic E-state index is 11.6.